The van der Waals surface area contributed by atoms with Crippen molar-refractivity contribution in [3.63, 3.8) is 0 Å². The number of amides is 1. The van der Waals surface area contributed by atoms with E-state index in [4.69, 9.17) is 9.47 Å². The number of nitrogens with zero attached hydrogens (tertiary/aromatic N) is 1. The summed E-state index contributed by atoms with van der Waals surface area (Å²) in [6, 6.07) is 9.36. The number of aromatic nitrogens is 1. The number of esters is 1. The number of nitrogens with one attached hydrogen (secondary N) is 1. The van der Waals surface area contributed by atoms with Crippen molar-refractivity contribution in [2.24, 2.45) is 0 Å². The van der Waals surface area contributed by atoms with Gasteiger partial charge < -0.3 is 14.8 Å². The summed E-state index contributed by atoms with van der Waals surface area (Å²) in [5.74, 6) is -0.187. The van der Waals surface area contributed by atoms with Crippen LogP contribution >= 0.6 is 15.9 Å². The Kier molecular flexibility index (Phi) is 7.59. The summed E-state index contributed by atoms with van der Waals surface area (Å²) < 4.78 is 10.8. The number of ether oxygens (including phenoxy) is 2. The molecule has 1 heterocycles. The van der Waals surface area contributed by atoms with Gasteiger partial charge in [0.1, 0.15) is 5.56 Å². The standard InChI is InChI=1S/C19H21BrN2O4/c1-3-26-17(23)10-14-6-4-13(5-7-14)8-9-21-18(24)16-11-15(20)12-22-19(16)25-2/h4-7,11-12H,3,8-10H2,1-2H3,(H,21,24). The maximum atomic E-state index is 12.3. The monoisotopic (exact) mass is 420 g/mol. The van der Waals surface area contributed by atoms with Gasteiger partial charge in [0.05, 0.1) is 20.1 Å². The van der Waals surface area contributed by atoms with Crippen LogP contribution in [0.4, 0.5) is 0 Å². The topological polar surface area (TPSA) is 77.5 Å². The third-order valence-electron chi connectivity index (χ3n) is 3.63. The molecule has 7 heteroatoms. The molecule has 0 radical (unpaired) electrons. The first-order valence-electron chi connectivity index (χ1n) is 8.24. The molecule has 6 nitrogen and oxygen atoms in total. The second kappa shape index (κ2) is 9.91. The number of hydrogen-bond acceptors (Lipinski definition) is 5. The predicted octanol–water partition coefficient (Wildman–Crippen LogP) is 2.93. The quantitative estimate of drug-likeness (QED) is 0.664. The van der Waals surface area contributed by atoms with E-state index in [-0.39, 0.29) is 24.2 Å². The van der Waals surface area contributed by atoms with Crippen molar-refractivity contribution in [2.45, 2.75) is 19.8 Å². The molecule has 0 spiro atoms. The van der Waals surface area contributed by atoms with E-state index in [1.54, 1.807) is 19.2 Å². The highest BCUT2D eigenvalue weighted by atomic mass is 79.9. The minimum Gasteiger partial charge on any atom is -0.480 e. The first-order chi connectivity index (χ1) is 12.5. The van der Waals surface area contributed by atoms with Gasteiger partial charge in [0.15, 0.2) is 0 Å². The highest BCUT2D eigenvalue weighted by Crippen LogP contribution is 2.19. The molecule has 0 aliphatic carbocycles. The lowest BCUT2D eigenvalue weighted by molar-refractivity contribution is -0.142. The predicted molar refractivity (Wildman–Crippen MR) is 101 cm³/mol. The molecule has 2 rings (SSSR count). The Morgan fingerprint density at radius 2 is 1.88 bits per heavy atom. The first-order valence-corrected chi connectivity index (χ1v) is 9.04. The highest BCUT2D eigenvalue weighted by Gasteiger charge is 2.13. The van der Waals surface area contributed by atoms with E-state index >= 15 is 0 Å². The SMILES string of the molecule is CCOC(=O)Cc1ccc(CCNC(=O)c2cc(Br)cnc2OC)cc1. The third kappa shape index (κ3) is 5.84. The van der Waals surface area contributed by atoms with Gasteiger partial charge in [-0.1, -0.05) is 24.3 Å². The van der Waals surface area contributed by atoms with Gasteiger partial charge in [0, 0.05) is 17.2 Å². The van der Waals surface area contributed by atoms with E-state index in [0.29, 0.717) is 29.6 Å². The second-order valence-corrected chi connectivity index (χ2v) is 6.43. The fourth-order valence-corrected chi connectivity index (χ4v) is 2.70. The summed E-state index contributed by atoms with van der Waals surface area (Å²) in [6.45, 7) is 2.65. The lowest BCUT2D eigenvalue weighted by Gasteiger charge is -2.09. The highest BCUT2D eigenvalue weighted by molar-refractivity contribution is 9.10. The number of carbonyl (C=O) groups excluding carboxylic acids is 2. The smallest absolute Gasteiger partial charge is 0.310 e. The van der Waals surface area contributed by atoms with Crippen LogP contribution in [0.15, 0.2) is 41.0 Å². The Labute approximate surface area is 161 Å². The summed E-state index contributed by atoms with van der Waals surface area (Å²) >= 11 is 3.30. The fraction of sp³-hybridized carbons (Fsp3) is 0.316. The molecule has 2 aromatic rings. The zero-order valence-electron chi connectivity index (χ0n) is 14.8. The van der Waals surface area contributed by atoms with Crippen molar-refractivity contribution in [1.82, 2.24) is 10.3 Å². The molecule has 0 fully saturated rings. The fourth-order valence-electron chi connectivity index (χ4n) is 2.37. The van der Waals surface area contributed by atoms with Gasteiger partial charge in [-0.3, -0.25) is 9.59 Å². The molecule has 0 saturated heterocycles. The molecule has 0 saturated carbocycles. The van der Waals surface area contributed by atoms with E-state index in [9.17, 15) is 9.59 Å². The summed E-state index contributed by atoms with van der Waals surface area (Å²) in [7, 11) is 1.48. The molecule has 1 N–H and O–H groups in total. The molecule has 0 unspecified atom stereocenters. The number of rotatable bonds is 8. The van der Waals surface area contributed by atoms with Crippen LogP contribution in [-0.4, -0.2) is 37.1 Å². The van der Waals surface area contributed by atoms with Crippen LogP contribution in [0.1, 0.15) is 28.4 Å². The summed E-state index contributed by atoms with van der Waals surface area (Å²) in [5, 5.41) is 2.86. The number of carbonyl (C=O) groups is 2. The van der Waals surface area contributed by atoms with Gasteiger partial charge in [-0.05, 0) is 46.5 Å². The number of benzene rings is 1. The van der Waals surface area contributed by atoms with E-state index in [0.717, 1.165) is 11.1 Å². The van der Waals surface area contributed by atoms with Crippen LogP contribution in [0.2, 0.25) is 0 Å². The maximum absolute atomic E-state index is 12.3. The summed E-state index contributed by atoms with van der Waals surface area (Å²) in [6.07, 6.45) is 2.52. The molecule has 0 aliphatic rings. The number of hydrogen-bond donors (Lipinski definition) is 1. The molecule has 1 amide bonds. The molecule has 0 atom stereocenters. The molecule has 138 valence electrons. The molecule has 1 aromatic heterocycles. The van der Waals surface area contributed by atoms with Crippen molar-refractivity contribution >= 4 is 27.8 Å². The number of halogens is 1. The van der Waals surface area contributed by atoms with Crippen LogP contribution < -0.4 is 10.1 Å². The van der Waals surface area contributed by atoms with Crippen molar-refractivity contribution in [2.75, 3.05) is 20.3 Å². The van der Waals surface area contributed by atoms with Crippen LogP contribution in [-0.2, 0) is 22.4 Å². The summed E-state index contributed by atoms with van der Waals surface area (Å²) in [5.41, 5.74) is 2.35. The van der Waals surface area contributed by atoms with E-state index in [2.05, 4.69) is 26.2 Å². The van der Waals surface area contributed by atoms with Crippen molar-refractivity contribution in [1.29, 1.82) is 0 Å². The van der Waals surface area contributed by atoms with Gasteiger partial charge in [-0.15, -0.1) is 0 Å². The van der Waals surface area contributed by atoms with E-state index in [1.807, 2.05) is 24.3 Å². The Morgan fingerprint density at radius 1 is 1.19 bits per heavy atom. The minimum atomic E-state index is -0.241. The first kappa shape index (κ1) is 19.9. The maximum Gasteiger partial charge on any atom is 0.310 e. The van der Waals surface area contributed by atoms with E-state index in [1.165, 1.54) is 7.11 Å². The molecular weight excluding hydrogens is 400 g/mol. The van der Waals surface area contributed by atoms with Crippen molar-refractivity contribution in [3.8, 4) is 5.88 Å². The van der Waals surface area contributed by atoms with Crippen LogP contribution in [0.3, 0.4) is 0 Å². The Hall–Kier alpha value is -2.41. The average molecular weight is 421 g/mol. The molecular formula is C19H21BrN2O4. The molecule has 0 bridgehead atoms. The number of pyridine rings is 1. The van der Waals surface area contributed by atoms with Gasteiger partial charge in [-0.25, -0.2) is 4.98 Å². The van der Waals surface area contributed by atoms with Crippen LogP contribution in [0.25, 0.3) is 0 Å². The zero-order chi connectivity index (χ0) is 18.9. The molecule has 1 aromatic carbocycles. The second-order valence-electron chi connectivity index (χ2n) is 5.51. The third-order valence-corrected chi connectivity index (χ3v) is 4.07. The minimum absolute atomic E-state index is 0.232. The Bertz CT molecular complexity index is 763. The zero-order valence-corrected chi connectivity index (χ0v) is 16.3. The lowest BCUT2D eigenvalue weighted by Crippen LogP contribution is -2.26. The Balaban J connectivity index is 1.87. The van der Waals surface area contributed by atoms with Gasteiger partial charge in [-0.2, -0.15) is 0 Å². The average Bonchev–Trinajstić information content (AvgIpc) is 2.63. The van der Waals surface area contributed by atoms with Gasteiger partial charge >= 0.3 is 5.97 Å². The Morgan fingerprint density at radius 3 is 2.54 bits per heavy atom. The largest absolute Gasteiger partial charge is 0.480 e. The van der Waals surface area contributed by atoms with Crippen molar-refractivity contribution < 1.29 is 19.1 Å². The van der Waals surface area contributed by atoms with Crippen molar-refractivity contribution in [3.05, 3.63) is 57.7 Å². The van der Waals surface area contributed by atoms with Gasteiger partial charge in [0.2, 0.25) is 5.88 Å². The molecule has 0 aliphatic heterocycles. The lowest BCUT2D eigenvalue weighted by atomic mass is 10.1. The van der Waals surface area contributed by atoms with Gasteiger partial charge in [0.25, 0.3) is 5.91 Å². The number of methoxy groups -OCH3 is 1. The molecule has 26 heavy (non-hydrogen) atoms. The normalized spacial score (nSPS) is 10.3. The van der Waals surface area contributed by atoms with E-state index < -0.39 is 0 Å². The van der Waals surface area contributed by atoms with Crippen LogP contribution in [0, 0.1) is 0 Å². The summed E-state index contributed by atoms with van der Waals surface area (Å²) in [4.78, 5) is 27.8. The van der Waals surface area contributed by atoms with Crippen LogP contribution in [0.5, 0.6) is 5.88 Å².